The average Bonchev–Trinajstić information content (AvgIpc) is 2.58. The van der Waals surface area contributed by atoms with Gasteiger partial charge in [-0.15, -0.1) is 11.8 Å². The zero-order valence-corrected chi connectivity index (χ0v) is 20.5. The van der Waals surface area contributed by atoms with Crippen LogP contribution in [0.4, 0.5) is 0 Å². The summed E-state index contributed by atoms with van der Waals surface area (Å²) < 4.78 is 1.11. The Morgan fingerprint density at radius 3 is 1.62 bits per heavy atom. The standard InChI is InChI=1S/C11H13BrSi.C11H13Si.Li/c1-13(2)9-3-4-10-5-7-11(12)8-6-10;1-12(2)10-6-9-11-7-4-3-5-8-11;/h5-8,13H,9H2,1-2H3;4-5,7-8,12H,10H2,1-2H3;/q;-1;+1. The van der Waals surface area contributed by atoms with Gasteiger partial charge >= 0.3 is 18.9 Å². The van der Waals surface area contributed by atoms with Crippen LogP contribution in [0.2, 0.25) is 38.3 Å². The first-order valence-electron chi connectivity index (χ1n) is 8.66. The van der Waals surface area contributed by atoms with Crippen molar-refractivity contribution in [3.05, 3.63) is 70.2 Å². The third kappa shape index (κ3) is 13.3. The molecule has 0 spiro atoms. The molecule has 0 bridgehead atoms. The molecule has 0 atom stereocenters. The normalized spacial score (nSPS) is 9.04. The van der Waals surface area contributed by atoms with E-state index in [-0.39, 0.29) is 18.9 Å². The van der Waals surface area contributed by atoms with Crippen LogP contribution in [0.3, 0.4) is 0 Å². The van der Waals surface area contributed by atoms with E-state index in [2.05, 4.69) is 71.9 Å². The van der Waals surface area contributed by atoms with Crippen LogP contribution < -0.4 is 18.9 Å². The largest absolute Gasteiger partial charge is 1.00 e. The van der Waals surface area contributed by atoms with Crippen molar-refractivity contribution in [3.63, 3.8) is 0 Å². The Morgan fingerprint density at radius 2 is 1.19 bits per heavy atom. The maximum Gasteiger partial charge on any atom is 1.00 e. The van der Waals surface area contributed by atoms with E-state index in [4.69, 9.17) is 0 Å². The number of hydrogen-bond donors (Lipinski definition) is 0. The second kappa shape index (κ2) is 15.2. The molecule has 0 aliphatic rings. The summed E-state index contributed by atoms with van der Waals surface area (Å²) in [5.74, 6) is 12.7. The topological polar surface area (TPSA) is 0 Å². The van der Waals surface area contributed by atoms with Gasteiger partial charge in [-0.25, -0.2) is 0 Å². The SMILES string of the molecule is C[SiH](C)CC#Cc1cc[c-]cc1.C[SiH](C)CC#Cc1ccc(Br)cc1.[Li+]. The van der Waals surface area contributed by atoms with E-state index >= 15 is 0 Å². The van der Waals surface area contributed by atoms with E-state index in [9.17, 15) is 0 Å². The Labute approximate surface area is 183 Å². The van der Waals surface area contributed by atoms with Crippen molar-refractivity contribution < 1.29 is 18.9 Å². The van der Waals surface area contributed by atoms with E-state index in [0.717, 1.165) is 27.7 Å². The fourth-order valence-corrected chi connectivity index (χ4v) is 3.00. The fourth-order valence-electron chi connectivity index (χ4n) is 1.72. The maximum atomic E-state index is 3.40. The van der Waals surface area contributed by atoms with Crippen LogP contribution in [0.5, 0.6) is 0 Å². The van der Waals surface area contributed by atoms with Crippen LogP contribution in [0.25, 0.3) is 0 Å². The van der Waals surface area contributed by atoms with Gasteiger partial charge in [0, 0.05) is 39.7 Å². The Kier molecular flexibility index (Phi) is 14.6. The van der Waals surface area contributed by atoms with Gasteiger partial charge in [0.25, 0.3) is 0 Å². The Hall–Kier alpha value is -0.929. The van der Waals surface area contributed by atoms with Crippen LogP contribution in [0.1, 0.15) is 11.1 Å². The Morgan fingerprint density at radius 1 is 0.769 bits per heavy atom. The molecule has 4 heteroatoms. The second-order valence-electron chi connectivity index (χ2n) is 6.60. The third-order valence-electron chi connectivity index (χ3n) is 3.05. The van der Waals surface area contributed by atoms with E-state index < -0.39 is 17.6 Å². The first-order chi connectivity index (χ1) is 12.0. The number of rotatable bonds is 2. The molecule has 0 nitrogen and oxygen atoms in total. The van der Waals surface area contributed by atoms with Crippen LogP contribution in [-0.2, 0) is 0 Å². The van der Waals surface area contributed by atoms with Crippen molar-refractivity contribution >= 4 is 33.5 Å². The van der Waals surface area contributed by atoms with Gasteiger partial charge in [-0.3, -0.25) is 0 Å². The summed E-state index contributed by atoms with van der Waals surface area (Å²) in [6, 6.07) is 21.1. The van der Waals surface area contributed by atoms with Crippen molar-refractivity contribution in [2.24, 2.45) is 0 Å². The van der Waals surface area contributed by atoms with Gasteiger partial charge in [0.1, 0.15) is 0 Å². The molecule has 2 aromatic rings. The van der Waals surface area contributed by atoms with Crippen molar-refractivity contribution in [1.82, 2.24) is 0 Å². The summed E-state index contributed by atoms with van der Waals surface area (Å²) in [6.07, 6.45) is 0. The fraction of sp³-hybridized carbons (Fsp3) is 0.273. The van der Waals surface area contributed by atoms with Crippen molar-refractivity contribution in [2.45, 2.75) is 38.3 Å². The molecular formula is C22H26BrLiSi2. The molecule has 0 radical (unpaired) electrons. The molecule has 0 unspecified atom stereocenters. The molecule has 0 saturated carbocycles. The van der Waals surface area contributed by atoms with E-state index in [1.54, 1.807) is 0 Å². The second-order valence-corrected chi connectivity index (χ2v) is 13.9. The summed E-state index contributed by atoms with van der Waals surface area (Å²) in [4.78, 5) is 0. The number of halogens is 1. The van der Waals surface area contributed by atoms with Gasteiger partial charge in [-0.1, -0.05) is 59.5 Å². The molecule has 0 heterocycles. The zero-order valence-electron chi connectivity index (χ0n) is 16.6. The van der Waals surface area contributed by atoms with E-state index in [0.29, 0.717) is 0 Å². The Bertz CT molecular complexity index is 733. The van der Waals surface area contributed by atoms with Crippen LogP contribution in [0, 0.1) is 29.7 Å². The summed E-state index contributed by atoms with van der Waals surface area (Å²) in [6.45, 7) is 9.26. The molecule has 0 aromatic heterocycles. The van der Waals surface area contributed by atoms with Gasteiger partial charge in [-0.05, 0) is 24.3 Å². The molecular weight excluding hydrogens is 407 g/mol. The molecule has 130 valence electrons. The van der Waals surface area contributed by atoms with Crippen molar-refractivity contribution in [1.29, 1.82) is 0 Å². The minimum Gasteiger partial charge on any atom is -0.184 e. The number of benzene rings is 2. The van der Waals surface area contributed by atoms with Crippen molar-refractivity contribution in [3.8, 4) is 23.7 Å². The minimum absolute atomic E-state index is 0. The average molecular weight is 433 g/mol. The van der Waals surface area contributed by atoms with E-state index in [1.165, 1.54) is 0 Å². The minimum atomic E-state index is -0.504. The molecule has 2 aromatic carbocycles. The van der Waals surface area contributed by atoms with Crippen molar-refractivity contribution in [2.75, 3.05) is 0 Å². The molecule has 0 aliphatic carbocycles. The van der Waals surface area contributed by atoms with Gasteiger partial charge in [0.15, 0.2) is 0 Å². The van der Waals surface area contributed by atoms with Crippen LogP contribution in [0.15, 0.2) is 53.0 Å². The van der Waals surface area contributed by atoms with E-state index in [1.807, 2.05) is 48.5 Å². The smallest absolute Gasteiger partial charge is 0.184 e. The predicted octanol–water partition coefficient (Wildman–Crippen LogP) is 2.62. The maximum absolute atomic E-state index is 3.40. The van der Waals surface area contributed by atoms with Crippen LogP contribution in [-0.4, -0.2) is 17.6 Å². The molecule has 0 fully saturated rings. The first kappa shape index (κ1) is 25.1. The predicted molar refractivity (Wildman–Crippen MR) is 121 cm³/mol. The van der Waals surface area contributed by atoms with Gasteiger partial charge in [0.2, 0.25) is 0 Å². The summed E-state index contributed by atoms with van der Waals surface area (Å²) in [5, 5.41) is 0. The summed E-state index contributed by atoms with van der Waals surface area (Å²) >= 11 is 3.40. The zero-order chi connectivity index (χ0) is 18.5. The quantitative estimate of drug-likeness (QED) is 0.388. The Balaban J connectivity index is 0.000000464. The van der Waals surface area contributed by atoms with Gasteiger partial charge in [-0.2, -0.15) is 30.3 Å². The molecule has 0 aliphatic heterocycles. The van der Waals surface area contributed by atoms with Gasteiger partial charge < -0.3 is 0 Å². The summed E-state index contributed by atoms with van der Waals surface area (Å²) in [5.41, 5.74) is 2.21. The van der Waals surface area contributed by atoms with Crippen LogP contribution >= 0.6 is 15.9 Å². The van der Waals surface area contributed by atoms with Gasteiger partial charge in [0.05, 0.1) is 0 Å². The third-order valence-corrected chi connectivity index (χ3v) is 5.62. The molecule has 0 saturated heterocycles. The summed E-state index contributed by atoms with van der Waals surface area (Å²) in [7, 11) is -0.998. The molecule has 0 amide bonds. The number of hydrogen-bond acceptors (Lipinski definition) is 0. The molecule has 0 N–H and O–H groups in total. The molecule has 2 rings (SSSR count). The monoisotopic (exact) mass is 432 g/mol. The molecule has 26 heavy (non-hydrogen) atoms. The first-order valence-corrected chi connectivity index (χ1v) is 15.7.